The number of aliphatic hydroxyl groups excluding tert-OH is 1. The first-order valence-electron chi connectivity index (χ1n) is 8.41. The number of aliphatic hydroxyl groups is 1. The van der Waals surface area contributed by atoms with Crippen LogP contribution < -0.4 is 16.0 Å². The molecule has 1 fully saturated rings. The van der Waals surface area contributed by atoms with E-state index in [1.165, 1.54) is 0 Å². The molecule has 1 aliphatic heterocycles. The number of nitrogens with zero attached hydrogens (tertiary/aromatic N) is 3. The number of anilines is 2. The van der Waals surface area contributed by atoms with Crippen molar-refractivity contribution in [1.82, 2.24) is 9.97 Å². The van der Waals surface area contributed by atoms with Crippen LogP contribution in [-0.4, -0.2) is 47.4 Å². The van der Waals surface area contributed by atoms with Crippen LogP contribution in [0.1, 0.15) is 12.8 Å². The Labute approximate surface area is 149 Å². The van der Waals surface area contributed by atoms with Gasteiger partial charge in [0.05, 0.1) is 6.61 Å². The molecule has 1 atom stereocenters. The summed E-state index contributed by atoms with van der Waals surface area (Å²) in [6.07, 6.45) is 2.02. The second kappa shape index (κ2) is 6.67. The molecule has 8 heteroatoms. The van der Waals surface area contributed by atoms with Gasteiger partial charge in [0.25, 0.3) is 0 Å². The monoisotopic (exact) mass is 361 g/mol. The second-order valence-electron chi connectivity index (χ2n) is 6.29. The lowest BCUT2D eigenvalue weighted by Gasteiger charge is -2.31. The van der Waals surface area contributed by atoms with Gasteiger partial charge < -0.3 is 25.5 Å². The Morgan fingerprint density at radius 3 is 3.08 bits per heavy atom. The Balaban J connectivity index is 1.90. The third kappa shape index (κ3) is 3.10. The first kappa shape index (κ1) is 16.4. The lowest BCUT2D eigenvalue weighted by atomic mass is 10.1. The Hall–Kier alpha value is -2.09. The molecule has 1 aliphatic rings. The van der Waals surface area contributed by atoms with Gasteiger partial charge in [0, 0.05) is 36.1 Å². The average molecular weight is 362 g/mol. The molecule has 0 saturated carbocycles. The van der Waals surface area contributed by atoms with E-state index >= 15 is 0 Å². The molecular formula is C17H20ClN5O2. The number of aromatic nitrogens is 2. The second-order valence-corrected chi connectivity index (χ2v) is 6.73. The molecule has 7 nitrogen and oxygen atoms in total. The first-order chi connectivity index (χ1) is 12.2. The molecular weight excluding hydrogens is 342 g/mol. The lowest BCUT2D eigenvalue weighted by molar-refractivity contribution is 0.311. The van der Waals surface area contributed by atoms with Crippen LogP contribution in [0.15, 0.2) is 22.6 Å². The number of piperidine rings is 1. The zero-order valence-electron chi connectivity index (χ0n) is 13.7. The van der Waals surface area contributed by atoms with E-state index in [0.29, 0.717) is 28.6 Å². The van der Waals surface area contributed by atoms with Crippen LogP contribution in [0.5, 0.6) is 0 Å². The average Bonchev–Trinajstić information content (AvgIpc) is 2.97. The van der Waals surface area contributed by atoms with Gasteiger partial charge >= 0.3 is 0 Å². The van der Waals surface area contributed by atoms with E-state index in [9.17, 15) is 0 Å². The molecule has 3 heterocycles. The highest BCUT2D eigenvalue weighted by Crippen LogP contribution is 2.35. The maximum atomic E-state index is 9.08. The van der Waals surface area contributed by atoms with Gasteiger partial charge in [-0.3, -0.25) is 0 Å². The molecule has 132 valence electrons. The zero-order chi connectivity index (χ0) is 17.4. The summed E-state index contributed by atoms with van der Waals surface area (Å²) in [7, 11) is 0. The first-order valence-corrected chi connectivity index (χ1v) is 8.78. The smallest absolute Gasteiger partial charge is 0.225 e. The van der Waals surface area contributed by atoms with Gasteiger partial charge in [0.1, 0.15) is 11.1 Å². The van der Waals surface area contributed by atoms with Crippen molar-refractivity contribution in [3.63, 3.8) is 0 Å². The Morgan fingerprint density at radius 2 is 2.28 bits per heavy atom. The molecule has 4 N–H and O–H groups in total. The lowest BCUT2D eigenvalue weighted by Crippen LogP contribution is -2.43. The minimum absolute atomic E-state index is 0.00326. The van der Waals surface area contributed by atoms with E-state index in [0.717, 1.165) is 42.7 Å². The fourth-order valence-electron chi connectivity index (χ4n) is 3.26. The van der Waals surface area contributed by atoms with Crippen LogP contribution in [0.2, 0.25) is 5.02 Å². The largest absolute Gasteiger partial charge is 0.450 e. The number of benzene rings is 1. The molecule has 1 saturated heterocycles. The summed E-state index contributed by atoms with van der Waals surface area (Å²) in [6, 6.07) is 5.59. The van der Waals surface area contributed by atoms with E-state index in [1.54, 1.807) is 6.07 Å². The molecule has 0 bridgehead atoms. The predicted molar refractivity (Wildman–Crippen MR) is 99.3 cm³/mol. The van der Waals surface area contributed by atoms with E-state index in [2.05, 4.69) is 20.2 Å². The molecule has 0 aliphatic carbocycles. The van der Waals surface area contributed by atoms with Crippen LogP contribution >= 0.6 is 11.6 Å². The van der Waals surface area contributed by atoms with Crippen molar-refractivity contribution in [3.8, 4) is 0 Å². The van der Waals surface area contributed by atoms with Crippen LogP contribution in [-0.2, 0) is 0 Å². The van der Waals surface area contributed by atoms with Crippen molar-refractivity contribution in [2.24, 2.45) is 5.73 Å². The fraction of sp³-hybridized carbons (Fsp3) is 0.412. The molecule has 0 spiro atoms. The van der Waals surface area contributed by atoms with Gasteiger partial charge in [-0.25, -0.2) is 4.98 Å². The summed E-state index contributed by atoms with van der Waals surface area (Å²) in [5.41, 5.74) is 8.21. The minimum atomic E-state index is 0.00326. The Kier molecular flexibility index (Phi) is 4.37. The highest BCUT2D eigenvalue weighted by molar-refractivity contribution is 6.31. The van der Waals surface area contributed by atoms with Gasteiger partial charge in [-0.15, -0.1) is 0 Å². The van der Waals surface area contributed by atoms with Crippen molar-refractivity contribution >= 4 is 45.4 Å². The molecule has 0 unspecified atom stereocenters. The molecule has 0 amide bonds. The van der Waals surface area contributed by atoms with E-state index in [4.69, 9.17) is 26.9 Å². The molecule has 4 rings (SSSR count). The van der Waals surface area contributed by atoms with Gasteiger partial charge in [-0.05, 0) is 31.0 Å². The normalized spacial score (nSPS) is 18.2. The van der Waals surface area contributed by atoms with E-state index < -0.39 is 0 Å². The fourth-order valence-corrected chi connectivity index (χ4v) is 3.44. The number of halogens is 1. The summed E-state index contributed by atoms with van der Waals surface area (Å²) < 4.78 is 6.04. The van der Waals surface area contributed by atoms with Crippen molar-refractivity contribution in [2.45, 2.75) is 18.9 Å². The van der Waals surface area contributed by atoms with Crippen LogP contribution in [0.3, 0.4) is 0 Å². The highest BCUT2D eigenvalue weighted by atomic mass is 35.5. The maximum Gasteiger partial charge on any atom is 0.225 e. The quantitative estimate of drug-likeness (QED) is 0.655. The van der Waals surface area contributed by atoms with E-state index in [-0.39, 0.29) is 12.6 Å². The van der Waals surface area contributed by atoms with Crippen molar-refractivity contribution in [3.05, 3.63) is 23.2 Å². The van der Waals surface area contributed by atoms with Gasteiger partial charge in [-0.2, -0.15) is 4.98 Å². The number of furan rings is 1. The van der Waals surface area contributed by atoms with Gasteiger partial charge in [-0.1, -0.05) is 11.6 Å². The van der Waals surface area contributed by atoms with Crippen LogP contribution in [0, 0.1) is 0 Å². The summed E-state index contributed by atoms with van der Waals surface area (Å²) in [5.74, 6) is 1.19. The van der Waals surface area contributed by atoms with Crippen LogP contribution in [0.25, 0.3) is 22.1 Å². The third-order valence-corrected chi connectivity index (χ3v) is 4.64. The molecule has 3 aromatic rings. The Bertz CT molecular complexity index is 913. The maximum absolute atomic E-state index is 9.08. The van der Waals surface area contributed by atoms with Crippen molar-refractivity contribution < 1.29 is 9.52 Å². The predicted octanol–water partition coefficient (Wildman–Crippen LogP) is 2.36. The van der Waals surface area contributed by atoms with Crippen LogP contribution in [0.4, 0.5) is 11.8 Å². The number of nitrogens with one attached hydrogen (secondary N) is 1. The zero-order valence-corrected chi connectivity index (χ0v) is 14.5. The van der Waals surface area contributed by atoms with E-state index in [1.807, 2.05) is 12.1 Å². The standard InChI is InChI=1S/C17H20ClN5O2/c18-10-3-4-13-12(8-10)14-15(25-13)16(22-17(21-14)20-5-7-24)23-6-1-2-11(19)9-23/h3-4,8,11,24H,1-2,5-7,9,19H2,(H,20,21,22)/t11-/m0/s1. The molecule has 2 aromatic heterocycles. The third-order valence-electron chi connectivity index (χ3n) is 4.41. The van der Waals surface area contributed by atoms with Crippen molar-refractivity contribution in [2.75, 3.05) is 36.5 Å². The van der Waals surface area contributed by atoms with Gasteiger partial charge in [0.15, 0.2) is 11.4 Å². The summed E-state index contributed by atoms with van der Waals surface area (Å²) in [5, 5.41) is 13.6. The number of fused-ring (bicyclic) bond motifs is 3. The SMILES string of the molecule is N[C@H]1CCCN(c2nc(NCCO)nc3c2oc2ccc(Cl)cc23)C1. The molecule has 0 radical (unpaired) electrons. The Morgan fingerprint density at radius 1 is 1.40 bits per heavy atom. The minimum Gasteiger partial charge on any atom is -0.450 e. The number of hydrogen-bond acceptors (Lipinski definition) is 7. The topological polar surface area (TPSA) is 100 Å². The number of rotatable bonds is 4. The summed E-state index contributed by atoms with van der Waals surface area (Å²) in [4.78, 5) is 11.3. The highest BCUT2D eigenvalue weighted by Gasteiger charge is 2.24. The summed E-state index contributed by atoms with van der Waals surface area (Å²) >= 11 is 6.15. The number of nitrogens with two attached hydrogens (primary N) is 1. The van der Waals surface area contributed by atoms with Crippen molar-refractivity contribution in [1.29, 1.82) is 0 Å². The molecule has 25 heavy (non-hydrogen) atoms. The van der Waals surface area contributed by atoms with Gasteiger partial charge in [0.2, 0.25) is 5.95 Å². The summed E-state index contributed by atoms with van der Waals surface area (Å²) in [6.45, 7) is 1.98. The molecule has 1 aromatic carbocycles. The number of hydrogen-bond donors (Lipinski definition) is 3.